The van der Waals surface area contributed by atoms with Crippen LogP contribution in [-0.4, -0.2) is 85.2 Å². The molecule has 0 spiro atoms. The molecule has 2 heterocycles. The Morgan fingerprint density at radius 2 is 1.68 bits per heavy atom. The highest BCUT2D eigenvalue weighted by molar-refractivity contribution is 5.92. The lowest BCUT2D eigenvalue weighted by Gasteiger charge is -2.44. The molecule has 1 aromatic carbocycles. The van der Waals surface area contributed by atoms with Crippen LogP contribution in [0.15, 0.2) is 42.5 Å². The van der Waals surface area contributed by atoms with Crippen LogP contribution in [0, 0.1) is 11.8 Å². The van der Waals surface area contributed by atoms with E-state index in [1.54, 1.807) is 0 Å². The molecule has 37 heavy (non-hydrogen) atoms. The predicted octanol–water partition coefficient (Wildman–Crippen LogP) is 0.589. The number of benzene rings is 1. The molecule has 3 rings (SSSR count). The summed E-state index contributed by atoms with van der Waals surface area (Å²) in [5.74, 6) is -11.2. The van der Waals surface area contributed by atoms with Crippen molar-refractivity contribution in [3.8, 4) is 0 Å². The van der Waals surface area contributed by atoms with Crippen molar-refractivity contribution in [2.45, 2.75) is 68.9 Å². The van der Waals surface area contributed by atoms with E-state index < -0.39 is 72.0 Å². The second-order valence-corrected chi connectivity index (χ2v) is 9.45. The molecule has 1 aromatic rings. The number of carboxylic acids is 3. The average Bonchev–Trinajstić information content (AvgIpc) is 3.00. The number of hydrogen-bond donors (Lipinski definition) is 5. The van der Waals surface area contributed by atoms with Gasteiger partial charge in [-0.1, -0.05) is 43.8 Å². The highest BCUT2D eigenvalue weighted by atomic mass is 16.8. The number of carboxylic acid groups (broad SMARTS) is 3. The van der Waals surface area contributed by atoms with Crippen molar-refractivity contribution >= 4 is 23.9 Å². The first-order valence-corrected chi connectivity index (χ1v) is 11.6. The zero-order valence-corrected chi connectivity index (χ0v) is 20.3. The van der Waals surface area contributed by atoms with E-state index in [2.05, 4.69) is 6.58 Å². The Kier molecular flexibility index (Phi) is 8.08. The summed E-state index contributed by atoms with van der Waals surface area (Å²) < 4.78 is 16.3. The summed E-state index contributed by atoms with van der Waals surface area (Å²) in [7, 11) is 0. The van der Waals surface area contributed by atoms with Gasteiger partial charge in [-0.05, 0) is 24.0 Å². The lowest BCUT2D eigenvalue weighted by Crippen LogP contribution is -2.65. The van der Waals surface area contributed by atoms with Crippen LogP contribution in [0.5, 0.6) is 0 Å². The first-order chi connectivity index (χ1) is 17.3. The van der Waals surface area contributed by atoms with Crippen molar-refractivity contribution in [2.75, 3.05) is 0 Å². The Morgan fingerprint density at radius 3 is 2.19 bits per heavy atom. The maximum absolute atomic E-state index is 12.2. The van der Waals surface area contributed by atoms with Crippen molar-refractivity contribution in [3.05, 3.63) is 48.0 Å². The fraction of sp³-hybridized carbons (Fsp3) is 0.520. The fourth-order valence-electron chi connectivity index (χ4n) is 5.15. The zero-order chi connectivity index (χ0) is 27.7. The van der Waals surface area contributed by atoms with E-state index in [0.717, 1.165) is 5.56 Å². The predicted molar refractivity (Wildman–Crippen MR) is 123 cm³/mol. The van der Waals surface area contributed by atoms with Crippen LogP contribution in [-0.2, 0) is 39.8 Å². The standard InChI is InChI=1S/C25H30O12/c1-12(17(35-14(3)26)13(2)11-15-7-5-4-6-8-15)9-10-24-19(27)20(28)25(37-24,23(33)34)16(21(29)30)18(36-24)22(31)32/h4-8,13,16-20,27-28H,1,9-11H2,2-3H3,(H,29,30)(H,31,32)(H,33,34)/t13-,16-,17-,18+,19-,20-,24+,25+/m1/s1. The summed E-state index contributed by atoms with van der Waals surface area (Å²) in [6, 6.07) is 9.38. The minimum Gasteiger partial charge on any atom is -0.481 e. The molecule has 2 aliphatic heterocycles. The summed E-state index contributed by atoms with van der Waals surface area (Å²) in [6.45, 7) is 7.03. The van der Waals surface area contributed by atoms with Gasteiger partial charge in [0.1, 0.15) is 24.2 Å². The average molecular weight is 523 g/mol. The van der Waals surface area contributed by atoms with Crippen molar-refractivity contribution < 1.29 is 58.9 Å². The minimum atomic E-state index is -2.98. The Bertz CT molecular complexity index is 1070. The summed E-state index contributed by atoms with van der Waals surface area (Å²) in [4.78, 5) is 47.7. The molecule has 202 valence electrons. The van der Waals surface area contributed by atoms with E-state index in [4.69, 9.17) is 14.2 Å². The molecule has 2 bridgehead atoms. The van der Waals surface area contributed by atoms with Crippen molar-refractivity contribution in [2.24, 2.45) is 11.8 Å². The number of rotatable bonds is 11. The van der Waals surface area contributed by atoms with Crippen LogP contribution in [0.1, 0.15) is 32.3 Å². The molecule has 2 aliphatic rings. The van der Waals surface area contributed by atoms with Crippen LogP contribution in [0.25, 0.3) is 0 Å². The van der Waals surface area contributed by atoms with Gasteiger partial charge in [0.2, 0.25) is 5.60 Å². The van der Waals surface area contributed by atoms with E-state index in [0.29, 0.717) is 12.0 Å². The minimum absolute atomic E-state index is 0.110. The molecule has 0 radical (unpaired) electrons. The molecule has 0 saturated carbocycles. The van der Waals surface area contributed by atoms with Crippen molar-refractivity contribution in [3.63, 3.8) is 0 Å². The Labute approximate surface area is 212 Å². The molecule has 0 aliphatic carbocycles. The number of ether oxygens (including phenoxy) is 3. The lowest BCUT2D eigenvalue weighted by atomic mass is 9.79. The lowest BCUT2D eigenvalue weighted by molar-refractivity contribution is -0.342. The van der Waals surface area contributed by atoms with E-state index in [1.807, 2.05) is 37.3 Å². The monoisotopic (exact) mass is 522 g/mol. The second kappa shape index (κ2) is 10.6. The third kappa shape index (κ3) is 5.10. The van der Waals surface area contributed by atoms with Crippen LogP contribution >= 0.6 is 0 Å². The molecule has 2 saturated heterocycles. The summed E-state index contributed by atoms with van der Waals surface area (Å²) in [6.07, 6.45) is -7.48. The highest BCUT2D eigenvalue weighted by Gasteiger charge is 2.77. The number of aliphatic hydroxyl groups excluding tert-OH is 2. The first-order valence-electron chi connectivity index (χ1n) is 11.6. The molecule has 5 N–H and O–H groups in total. The largest absolute Gasteiger partial charge is 0.481 e. The summed E-state index contributed by atoms with van der Waals surface area (Å²) in [5, 5.41) is 50.4. The van der Waals surface area contributed by atoms with Gasteiger partial charge in [-0.2, -0.15) is 0 Å². The molecule has 12 heteroatoms. The Morgan fingerprint density at radius 1 is 1.05 bits per heavy atom. The number of carbonyl (C=O) groups excluding carboxylic acids is 1. The van der Waals surface area contributed by atoms with Gasteiger partial charge in [-0.25, -0.2) is 9.59 Å². The quantitative estimate of drug-likeness (QED) is 0.201. The van der Waals surface area contributed by atoms with Crippen LogP contribution < -0.4 is 0 Å². The second-order valence-electron chi connectivity index (χ2n) is 9.45. The van der Waals surface area contributed by atoms with Gasteiger partial charge < -0.3 is 39.7 Å². The van der Waals surface area contributed by atoms with Crippen molar-refractivity contribution in [1.82, 2.24) is 0 Å². The van der Waals surface area contributed by atoms with Gasteiger partial charge in [0.05, 0.1) is 0 Å². The number of aliphatic hydroxyl groups is 2. The molecule has 8 atom stereocenters. The molecule has 0 unspecified atom stereocenters. The summed E-state index contributed by atoms with van der Waals surface area (Å²) >= 11 is 0. The normalized spacial score (nSPS) is 32.2. The van der Waals surface area contributed by atoms with Gasteiger partial charge in [0.15, 0.2) is 11.9 Å². The number of hydrogen-bond acceptors (Lipinski definition) is 9. The fourth-order valence-corrected chi connectivity index (χ4v) is 5.15. The van der Waals surface area contributed by atoms with E-state index in [-0.39, 0.29) is 12.3 Å². The number of fused-ring (bicyclic) bond motifs is 2. The number of esters is 1. The maximum atomic E-state index is 12.2. The third-order valence-corrected chi connectivity index (χ3v) is 6.87. The first kappa shape index (κ1) is 28.3. The Hall–Kier alpha value is -3.32. The van der Waals surface area contributed by atoms with E-state index >= 15 is 0 Å². The molecule has 12 nitrogen and oxygen atoms in total. The molecular weight excluding hydrogens is 492 g/mol. The van der Waals surface area contributed by atoms with Crippen LogP contribution in [0.4, 0.5) is 0 Å². The van der Waals surface area contributed by atoms with Gasteiger partial charge in [-0.3, -0.25) is 9.59 Å². The highest BCUT2D eigenvalue weighted by Crippen LogP contribution is 2.53. The van der Waals surface area contributed by atoms with Gasteiger partial charge in [0, 0.05) is 19.3 Å². The van der Waals surface area contributed by atoms with Crippen molar-refractivity contribution in [1.29, 1.82) is 0 Å². The number of aliphatic carboxylic acids is 3. The van der Waals surface area contributed by atoms with Gasteiger partial charge in [0.25, 0.3) is 0 Å². The SMILES string of the molecule is C=C(CC[C@]12O[C@H](C(=O)O)[C@H](C(=O)O)[C@](C(=O)O)(O1)[C@H](O)[C@H]2O)[C@@H](OC(C)=O)[C@H](C)Cc1ccccc1. The Balaban J connectivity index is 1.88. The van der Waals surface area contributed by atoms with Gasteiger partial charge >= 0.3 is 23.9 Å². The zero-order valence-electron chi connectivity index (χ0n) is 20.3. The van der Waals surface area contributed by atoms with Crippen LogP contribution in [0.3, 0.4) is 0 Å². The topological polar surface area (TPSA) is 197 Å². The van der Waals surface area contributed by atoms with Crippen LogP contribution in [0.2, 0.25) is 0 Å². The summed E-state index contributed by atoms with van der Waals surface area (Å²) in [5.41, 5.74) is -1.67. The van der Waals surface area contributed by atoms with E-state index in [9.17, 15) is 44.7 Å². The molecule has 2 fully saturated rings. The number of carbonyl (C=O) groups is 4. The molecule has 0 amide bonds. The third-order valence-electron chi connectivity index (χ3n) is 6.87. The molecule has 0 aromatic heterocycles. The molecular formula is C25H30O12. The van der Waals surface area contributed by atoms with Gasteiger partial charge in [-0.15, -0.1) is 0 Å². The van der Waals surface area contributed by atoms with E-state index in [1.165, 1.54) is 6.92 Å². The maximum Gasteiger partial charge on any atom is 0.340 e. The smallest absolute Gasteiger partial charge is 0.340 e.